The number of rotatable bonds is 2. The number of aromatic nitrogens is 1. The van der Waals surface area contributed by atoms with E-state index in [0.717, 1.165) is 39.9 Å². The second-order valence-corrected chi connectivity index (χ2v) is 8.48. The highest BCUT2D eigenvalue weighted by molar-refractivity contribution is 6.01. The Morgan fingerprint density at radius 2 is 2.14 bits per heavy atom. The van der Waals surface area contributed by atoms with E-state index in [2.05, 4.69) is 4.98 Å². The third kappa shape index (κ3) is 2.40. The summed E-state index contributed by atoms with van der Waals surface area (Å²) in [6.45, 7) is 4.44. The molecule has 4 heterocycles. The minimum atomic E-state index is -1.86. The van der Waals surface area contributed by atoms with Crippen LogP contribution in [-0.2, 0) is 16.0 Å². The molecule has 3 aliphatic heterocycles. The Balaban J connectivity index is 1.75. The quantitative estimate of drug-likeness (QED) is 0.764. The Morgan fingerprint density at radius 1 is 1.34 bits per heavy atom. The number of fused-ring (bicyclic) bond motifs is 5. The summed E-state index contributed by atoms with van der Waals surface area (Å²) in [6, 6.07) is 4.72. The summed E-state index contributed by atoms with van der Waals surface area (Å²) >= 11 is 0. The number of H-pyrrole nitrogens is 1. The van der Waals surface area contributed by atoms with E-state index in [1.54, 1.807) is 12.0 Å². The van der Waals surface area contributed by atoms with Gasteiger partial charge in [0, 0.05) is 35.6 Å². The maximum atomic E-state index is 13.4. The van der Waals surface area contributed by atoms with Crippen LogP contribution in [0.25, 0.3) is 10.9 Å². The van der Waals surface area contributed by atoms with Crippen molar-refractivity contribution in [1.29, 1.82) is 0 Å². The first-order valence-electron chi connectivity index (χ1n) is 10.1. The Labute approximate surface area is 168 Å². The largest absolute Gasteiger partial charge is 0.497 e. The summed E-state index contributed by atoms with van der Waals surface area (Å²) in [7, 11) is 1.61. The first-order chi connectivity index (χ1) is 13.8. The van der Waals surface area contributed by atoms with Gasteiger partial charge >= 0.3 is 0 Å². The van der Waals surface area contributed by atoms with Crippen LogP contribution in [0.5, 0.6) is 5.75 Å². The lowest BCUT2D eigenvalue weighted by Crippen LogP contribution is -2.72. The second kappa shape index (κ2) is 6.10. The molecule has 29 heavy (non-hydrogen) atoms. The first-order valence-corrected chi connectivity index (χ1v) is 10.1. The van der Waals surface area contributed by atoms with Gasteiger partial charge in [-0.25, -0.2) is 0 Å². The minimum absolute atomic E-state index is 0.0789. The zero-order chi connectivity index (χ0) is 20.5. The third-order valence-electron chi connectivity index (χ3n) is 6.41. The average molecular weight is 395 g/mol. The monoisotopic (exact) mass is 395 g/mol. The number of hydrogen-bond donors (Lipinski definition) is 2. The Morgan fingerprint density at radius 3 is 2.86 bits per heavy atom. The zero-order valence-electron chi connectivity index (χ0n) is 16.9. The highest BCUT2D eigenvalue weighted by atomic mass is 16.5. The molecule has 7 heteroatoms. The standard InChI is InChI=1S/C22H25N3O4/c1-12(2)9-18-19-15(14-7-6-13(29-3)10-16(14)23-19)11-22(28)21(27)24-8-4-5-17(24)20(26)25(18)22/h6-7,9-10,17-18,23,28H,4-5,8,11H2,1-3H3/t17-,18-,22?/m0/s1. The maximum Gasteiger partial charge on any atom is 0.277 e. The predicted octanol–water partition coefficient (Wildman–Crippen LogP) is 2.26. The SMILES string of the molecule is COc1ccc2c3c([nH]c2c1)[C@H](C=C(C)C)N1C(=O)[C@@H]2CCCN2C(=O)C1(O)C3. The van der Waals surface area contributed by atoms with Gasteiger partial charge < -0.3 is 19.7 Å². The number of nitrogens with one attached hydrogen (secondary N) is 1. The average Bonchev–Trinajstić information content (AvgIpc) is 3.30. The molecular formula is C22H25N3O4. The van der Waals surface area contributed by atoms with Crippen LogP contribution < -0.4 is 4.74 Å². The number of carbonyl (C=O) groups excluding carboxylic acids is 2. The second-order valence-electron chi connectivity index (χ2n) is 8.48. The fourth-order valence-electron chi connectivity index (χ4n) is 5.14. The van der Waals surface area contributed by atoms with Crippen LogP contribution in [0.4, 0.5) is 0 Å². The van der Waals surface area contributed by atoms with E-state index in [4.69, 9.17) is 4.74 Å². The predicted molar refractivity (Wildman–Crippen MR) is 107 cm³/mol. The molecular weight excluding hydrogens is 370 g/mol. The number of hydrogen-bond acceptors (Lipinski definition) is 4. The topological polar surface area (TPSA) is 85.9 Å². The molecule has 1 aromatic carbocycles. The Hall–Kier alpha value is -2.80. The molecule has 5 rings (SSSR count). The van der Waals surface area contributed by atoms with Gasteiger partial charge in [-0.15, -0.1) is 0 Å². The van der Waals surface area contributed by atoms with Crippen molar-refractivity contribution in [2.75, 3.05) is 13.7 Å². The molecule has 2 amide bonds. The highest BCUT2D eigenvalue weighted by Crippen LogP contribution is 2.46. The van der Waals surface area contributed by atoms with Crippen molar-refractivity contribution < 1.29 is 19.4 Å². The lowest BCUT2D eigenvalue weighted by Gasteiger charge is -2.52. The van der Waals surface area contributed by atoms with Gasteiger partial charge in [0.05, 0.1) is 13.2 Å². The number of aromatic amines is 1. The van der Waals surface area contributed by atoms with Crippen LogP contribution >= 0.6 is 0 Å². The molecule has 0 saturated carbocycles. The molecule has 2 saturated heterocycles. The first kappa shape index (κ1) is 18.2. The number of carbonyl (C=O) groups is 2. The van der Waals surface area contributed by atoms with Crippen molar-refractivity contribution in [1.82, 2.24) is 14.8 Å². The van der Waals surface area contributed by atoms with E-state index >= 15 is 0 Å². The number of amides is 2. The normalized spacial score (nSPS) is 28.3. The lowest BCUT2D eigenvalue weighted by atomic mass is 9.84. The Kier molecular flexibility index (Phi) is 3.84. The van der Waals surface area contributed by atoms with Gasteiger partial charge in [0.15, 0.2) is 0 Å². The number of nitrogens with zero attached hydrogens (tertiary/aromatic N) is 2. The fraction of sp³-hybridized carbons (Fsp3) is 0.455. The summed E-state index contributed by atoms with van der Waals surface area (Å²) in [5.74, 6) is 0.188. The number of methoxy groups -OCH3 is 1. The Bertz CT molecular complexity index is 1070. The molecule has 0 bridgehead atoms. The van der Waals surface area contributed by atoms with Crippen LogP contribution in [0.1, 0.15) is 44.0 Å². The molecule has 7 nitrogen and oxygen atoms in total. The van der Waals surface area contributed by atoms with E-state index in [-0.39, 0.29) is 18.2 Å². The van der Waals surface area contributed by atoms with Gasteiger partial charge in [0.25, 0.3) is 5.91 Å². The summed E-state index contributed by atoms with van der Waals surface area (Å²) in [5.41, 5.74) is 1.74. The van der Waals surface area contributed by atoms with E-state index in [1.807, 2.05) is 38.1 Å². The molecule has 0 radical (unpaired) electrons. The van der Waals surface area contributed by atoms with E-state index < -0.39 is 17.8 Å². The van der Waals surface area contributed by atoms with E-state index in [0.29, 0.717) is 13.0 Å². The molecule has 1 unspecified atom stereocenters. The molecule has 0 aliphatic carbocycles. The van der Waals surface area contributed by atoms with Gasteiger partial charge in [0.2, 0.25) is 11.6 Å². The fourth-order valence-corrected chi connectivity index (χ4v) is 5.14. The molecule has 0 spiro atoms. The molecule has 1 aromatic heterocycles. The van der Waals surface area contributed by atoms with E-state index in [9.17, 15) is 14.7 Å². The number of aliphatic hydroxyl groups is 1. The molecule has 3 aliphatic rings. The molecule has 2 fully saturated rings. The van der Waals surface area contributed by atoms with Crippen LogP contribution in [0, 0.1) is 0 Å². The van der Waals surface area contributed by atoms with Crippen molar-refractivity contribution in [3.8, 4) is 5.75 Å². The summed E-state index contributed by atoms with van der Waals surface area (Å²) in [4.78, 5) is 33.2. The van der Waals surface area contributed by atoms with Crippen molar-refractivity contribution in [2.24, 2.45) is 0 Å². The summed E-state index contributed by atoms with van der Waals surface area (Å²) in [5, 5.41) is 12.6. The van der Waals surface area contributed by atoms with Gasteiger partial charge in [0.1, 0.15) is 11.8 Å². The van der Waals surface area contributed by atoms with Crippen molar-refractivity contribution >= 4 is 22.7 Å². The summed E-state index contributed by atoms with van der Waals surface area (Å²) < 4.78 is 5.34. The van der Waals surface area contributed by atoms with Crippen LogP contribution in [0.3, 0.4) is 0 Å². The van der Waals surface area contributed by atoms with Gasteiger partial charge in [-0.3, -0.25) is 14.5 Å². The van der Waals surface area contributed by atoms with Gasteiger partial charge in [-0.1, -0.05) is 11.6 Å². The molecule has 2 N–H and O–H groups in total. The number of piperazine rings is 1. The van der Waals surface area contributed by atoms with Crippen LogP contribution in [-0.4, -0.2) is 57.1 Å². The van der Waals surface area contributed by atoms with E-state index in [1.165, 1.54) is 4.90 Å². The van der Waals surface area contributed by atoms with Gasteiger partial charge in [-0.2, -0.15) is 0 Å². The lowest BCUT2D eigenvalue weighted by molar-refractivity contribution is -0.203. The molecule has 2 aromatic rings. The van der Waals surface area contributed by atoms with Crippen molar-refractivity contribution in [3.63, 3.8) is 0 Å². The third-order valence-corrected chi connectivity index (χ3v) is 6.41. The smallest absolute Gasteiger partial charge is 0.277 e. The minimum Gasteiger partial charge on any atom is -0.497 e. The van der Waals surface area contributed by atoms with Crippen molar-refractivity contribution in [2.45, 2.75) is 50.9 Å². The highest BCUT2D eigenvalue weighted by Gasteiger charge is 2.61. The molecule has 152 valence electrons. The summed E-state index contributed by atoms with van der Waals surface area (Å²) in [6.07, 6.45) is 3.46. The number of allylic oxidation sites excluding steroid dienone is 1. The molecule has 3 atom stereocenters. The van der Waals surface area contributed by atoms with Crippen molar-refractivity contribution in [3.05, 3.63) is 41.1 Å². The number of benzene rings is 1. The van der Waals surface area contributed by atoms with Crippen LogP contribution in [0.15, 0.2) is 29.8 Å². The van der Waals surface area contributed by atoms with Gasteiger partial charge in [-0.05, 0) is 44.4 Å². The zero-order valence-corrected chi connectivity index (χ0v) is 16.9. The number of ether oxygens (including phenoxy) is 1. The maximum absolute atomic E-state index is 13.4. The van der Waals surface area contributed by atoms with Crippen LogP contribution in [0.2, 0.25) is 0 Å².